The van der Waals surface area contributed by atoms with Crippen molar-refractivity contribution in [2.45, 2.75) is 39.0 Å². The van der Waals surface area contributed by atoms with E-state index in [1.165, 1.54) is 16.7 Å². The Morgan fingerprint density at radius 1 is 1.00 bits per heavy atom. The first-order valence-corrected chi connectivity index (χ1v) is 10.6. The molecular weight excluding hydrogens is 358 g/mol. The van der Waals surface area contributed by atoms with Crippen molar-refractivity contribution in [3.63, 3.8) is 0 Å². The normalized spacial score (nSPS) is 15.6. The van der Waals surface area contributed by atoms with Crippen LogP contribution in [0.25, 0.3) is 22.0 Å². The molecule has 0 atom stereocenters. The Hall–Kier alpha value is -2.59. The van der Waals surface area contributed by atoms with Crippen LogP contribution in [0.3, 0.4) is 0 Å². The first-order chi connectivity index (χ1) is 13.9. The van der Waals surface area contributed by atoms with E-state index in [9.17, 15) is 4.79 Å². The van der Waals surface area contributed by atoms with E-state index in [2.05, 4.69) is 78.9 Å². The number of hydrogen-bond donors (Lipinski definition) is 3. The molecule has 4 heteroatoms. The van der Waals surface area contributed by atoms with E-state index in [0.717, 1.165) is 43.4 Å². The molecule has 3 N–H and O–H groups in total. The highest BCUT2D eigenvalue weighted by molar-refractivity contribution is 5.98. The molecule has 1 aliphatic heterocycles. The summed E-state index contributed by atoms with van der Waals surface area (Å²) in [4.78, 5) is 15.9. The second-order valence-electron chi connectivity index (χ2n) is 9.22. The molecule has 1 aromatic heterocycles. The summed E-state index contributed by atoms with van der Waals surface area (Å²) < 4.78 is 0. The van der Waals surface area contributed by atoms with Gasteiger partial charge in [0.25, 0.3) is 5.91 Å². The summed E-state index contributed by atoms with van der Waals surface area (Å²) in [5.41, 5.74) is 5.47. The smallest absolute Gasteiger partial charge is 0.267 e. The summed E-state index contributed by atoms with van der Waals surface area (Å²) in [6, 6.07) is 17.1. The van der Waals surface area contributed by atoms with Gasteiger partial charge in [-0.2, -0.15) is 0 Å². The molecule has 1 amide bonds. The van der Waals surface area contributed by atoms with Crippen molar-refractivity contribution >= 4 is 16.8 Å². The van der Waals surface area contributed by atoms with E-state index in [1.54, 1.807) is 0 Å². The molecule has 4 rings (SSSR count). The second kappa shape index (κ2) is 8.03. The predicted molar refractivity (Wildman–Crippen MR) is 120 cm³/mol. The highest BCUT2D eigenvalue weighted by atomic mass is 16.1. The molecule has 1 fully saturated rings. The minimum Gasteiger partial charge on any atom is -0.351 e. The number of rotatable bonds is 4. The maximum atomic E-state index is 12.6. The van der Waals surface area contributed by atoms with E-state index in [4.69, 9.17) is 0 Å². The number of aromatic amines is 1. The third-order valence-electron chi connectivity index (χ3n) is 5.96. The number of fused-ring (bicyclic) bond motifs is 1. The van der Waals surface area contributed by atoms with Crippen molar-refractivity contribution in [2.24, 2.45) is 5.92 Å². The van der Waals surface area contributed by atoms with Crippen LogP contribution in [-0.4, -0.2) is 30.5 Å². The molecular formula is C25H31N3O. The van der Waals surface area contributed by atoms with Gasteiger partial charge in [0.15, 0.2) is 0 Å². The predicted octanol–water partition coefficient (Wildman–Crippen LogP) is 4.86. The number of carbonyl (C=O) groups is 1. The number of carbonyl (C=O) groups excluding carboxylic acids is 1. The molecule has 1 saturated heterocycles. The Kier molecular flexibility index (Phi) is 5.46. The molecule has 4 nitrogen and oxygen atoms in total. The number of aromatic nitrogens is 1. The molecule has 2 aromatic carbocycles. The van der Waals surface area contributed by atoms with Gasteiger partial charge in [-0.3, -0.25) is 4.79 Å². The lowest BCUT2D eigenvalue weighted by Crippen LogP contribution is -2.36. The van der Waals surface area contributed by atoms with Crippen molar-refractivity contribution in [2.75, 3.05) is 19.6 Å². The fourth-order valence-electron chi connectivity index (χ4n) is 4.02. The lowest BCUT2D eigenvalue weighted by atomic mass is 9.86. The molecule has 0 aliphatic carbocycles. The van der Waals surface area contributed by atoms with Gasteiger partial charge in [-0.15, -0.1) is 0 Å². The van der Waals surface area contributed by atoms with Crippen molar-refractivity contribution in [1.82, 2.24) is 15.6 Å². The van der Waals surface area contributed by atoms with Crippen molar-refractivity contribution in [3.8, 4) is 11.1 Å². The highest BCUT2D eigenvalue weighted by Gasteiger charge is 2.16. The van der Waals surface area contributed by atoms with Crippen LogP contribution in [0.15, 0.2) is 48.5 Å². The summed E-state index contributed by atoms with van der Waals surface area (Å²) in [6.07, 6.45) is 2.26. The van der Waals surface area contributed by atoms with Crippen LogP contribution >= 0.6 is 0 Å². The van der Waals surface area contributed by atoms with Crippen LogP contribution in [0, 0.1) is 5.92 Å². The molecule has 152 valence electrons. The van der Waals surface area contributed by atoms with Gasteiger partial charge in [0.2, 0.25) is 0 Å². The standard InChI is InChI=1S/C25H31N3O/c1-25(2,3)21-7-4-18(5-8-21)19-6-9-22-20(14-19)15-23(28-22)24(29)27-16-17-10-12-26-13-11-17/h4-9,14-15,17,26,28H,10-13,16H2,1-3H3,(H,27,29). The van der Waals surface area contributed by atoms with E-state index in [-0.39, 0.29) is 11.3 Å². The Labute approximate surface area is 173 Å². The third-order valence-corrected chi connectivity index (χ3v) is 5.96. The van der Waals surface area contributed by atoms with E-state index >= 15 is 0 Å². The van der Waals surface area contributed by atoms with Gasteiger partial charge < -0.3 is 15.6 Å². The van der Waals surface area contributed by atoms with E-state index in [0.29, 0.717) is 11.6 Å². The topological polar surface area (TPSA) is 56.9 Å². The highest BCUT2D eigenvalue weighted by Crippen LogP contribution is 2.28. The Morgan fingerprint density at radius 3 is 2.38 bits per heavy atom. The molecule has 2 heterocycles. The molecule has 1 aliphatic rings. The van der Waals surface area contributed by atoms with Gasteiger partial charge in [-0.1, -0.05) is 51.1 Å². The van der Waals surface area contributed by atoms with Gasteiger partial charge in [0, 0.05) is 17.4 Å². The fraction of sp³-hybridized carbons (Fsp3) is 0.400. The molecule has 0 spiro atoms. The largest absolute Gasteiger partial charge is 0.351 e. The lowest BCUT2D eigenvalue weighted by Gasteiger charge is -2.22. The van der Waals surface area contributed by atoms with Gasteiger partial charge in [-0.05, 0) is 72.2 Å². The molecule has 29 heavy (non-hydrogen) atoms. The molecule has 0 saturated carbocycles. The quantitative estimate of drug-likeness (QED) is 0.597. The summed E-state index contributed by atoms with van der Waals surface area (Å²) in [6.45, 7) is 9.53. The minimum absolute atomic E-state index is 0.0178. The summed E-state index contributed by atoms with van der Waals surface area (Å²) >= 11 is 0. The third kappa shape index (κ3) is 4.54. The van der Waals surface area contributed by atoms with Crippen molar-refractivity contribution in [3.05, 3.63) is 59.8 Å². The number of nitrogens with one attached hydrogen (secondary N) is 3. The molecule has 0 radical (unpaired) electrons. The van der Waals surface area contributed by atoms with Gasteiger partial charge in [0.1, 0.15) is 5.69 Å². The Balaban J connectivity index is 1.49. The van der Waals surface area contributed by atoms with Gasteiger partial charge in [0.05, 0.1) is 0 Å². The maximum absolute atomic E-state index is 12.6. The summed E-state index contributed by atoms with van der Waals surface area (Å²) in [5.74, 6) is 0.558. The first-order valence-electron chi connectivity index (χ1n) is 10.6. The van der Waals surface area contributed by atoms with E-state index < -0.39 is 0 Å². The summed E-state index contributed by atoms with van der Waals surface area (Å²) in [5, 5.41) is 7.52. The van der Waals surface area contributed by atoms with Gasteiger partial charge >= 0.3 is 0 Å². The monoisotopic (exact) mass is 389 g/mol. The van der Waals surface area contributed by atoms with E-state index in [1.807, 2.05) is 6.07 Å². The van der Waals surface area contributed by atoms with Crippen molar-refractivity contribution < 1.29 is 4.79 Å². The fourth-order valence-corrected chi connectivity index (χ4v) is 4.02. The first kappa shape index (κ1) is 19.7. The van der Waals surface area contributed by atoms with Crippen LogP contribution < -0.4 is 10.6 Å². The van der Waals surface area contributed by atoms with Crippen LogP contribution in [0.2, 0.25) is 0 Å². The van der Waals surface area contributed by atoms with Crippen LogP contribution in [-0.2, 0) is 5.41 Å². The number of piperidine rings is 1. The average Bonchev–Trinajstić information content (AvgIpc) is 3.16. The minimum atomic E-state index is -0.0178. The lowest BCUT2D eigenvalue weighted by molar-refractivity contribution is 0.0940. The van der Waals surface area contributed by atoms with Crippen molar-refractivity contribution in [1.29, 1.82) is 0 Å². The zero-order valence-corrected chi connectivity index (χ0v) is 17.6. The SMILES string of the molecule is CC(C)(C)c1ccc(-c2ccc3[nH]c(C(=O)NCC4CCNCC4)cc3c2)cc1. The summed E-state index contributed by atoms with van der Waals surface area (Å²) in [7, 11) is 0. The van der Waals surface area contributed by atoms with Crippen LogP contribution in [0.1, 0.15) is 49.7 Å². The van der Waals surface area contributed by atoms with Crippen LogP contribution in [0.5, 0.6) is 0 Å². The maximum Gasteiger partial charge on any atom is 0.267 e. The van der Waals surface area contributed by atoms with Gasteiger partial charge in [-0.25, -0.2) is 0 Å². The average molecular weight is 390 g/mol. The number of hydrogen-bond acceptors (Lipinski definition) is 2. The zero-order valence-electron chi connectivity index (χ0n) is 17.6. The van der Waals surface area contributed by atoms with Crippen LogP contribution in [0.4, 0.5) is 0 Å². The number of amides is 1. The Bertz CT molecular complexity index is 989. The number of benzene rings is 2. The zero-order chi connectivity index (χ0) is 20.4. The molecule has 0 unspecified atom stereocenters. The number of H-pyrrole nitrogens is 1. The Morgan fingerprint density at radius 2 is 1.69 bits per heavy atom. The molecule has 3 aromatic rings. The second-order valence-corrected chi connectivity index (χ2v) is 9.22. The molecule has 0 bridgehead atoms.